The molecule has 242 valence electrons. The Morgan fingerprint density at radius 3 is 1.19 bits per heavy atom. The second-order valence-corrected chi connectivity index (χ2v) is 17.1. The lowest BCUT2D eigenvalue weighted by Gasteiger charge is -2.56. The van der Waals surface area contributed by atoms with Crippen molar-refractivity contribution in [3.8, 4) is 0 Å². The molecule has 0 radical (unpaired) electrons. The molecule has 0 atom stereocenters. The van der Waals surface area contributed by atoms with E-state index in [2.05, 4.69) is 124 Å². The Morgan fingerprint density at radius 2 is 0.929 bits per heavy atom. The van der Waals surface area contributed by atoms with Crippen LogP contribution in [0.25, 0.3) is 0 Å². The molecule has 7 nitrogen and oxygen atoms in total. The first-order chi connectivity index (χ1) is 19.2. The maximum atomic E-state index is 5.44. The summed E-state index contributed by atoms with van der Waals surface area (Å²) in [5, 5.41) is 0. The molecule has 2 fully saturated rings. The van der Waals surface area contributed by atoms with Crippen LogP contribution in [0.1, 0.15) is 147 Å². The van der Waals surface area contributed by atoms with Crippen molar-refractivity contribution in [2.24, 2.45) is 0 Å². The van der Waals surface area contributed by atoms with Gasteiger partial charge in [-0.3, -0.25) is 9.80 Å². The van der Waals surface area contributed by atoms with Gasteiger partial charge in [0.15, 0.2) is 0 Å². The predicted octanol–water partition coefficient (Wildman–Crippen LogP) is 7.68. The molecule has 0 saturated carbocycles. The van der Waals surface area contributed by atoms with Crippen molar-refractivity contribution in [2.45, 2.75) is 181 Å². The largest absolute Gasteiger partial charge is 0.338 e. The van der Waals surface area contributed by atoms with Crippen LogP contribution in [0.2, 0.25) is 0 Å². The van der Waals surface area contributed by atoms with Crippen molar-refractivity contribution in [3.05, 3.63) is 5.82 Å². The summed E-state index contributed by atoms with van der Waals surface area (Å²) < 4.78 is 0. The van der Waals surface area contributed by atoms with Gasteiger partial charge >= 0.3 is 0 Å². The fraction of sp³-hybridized carbons (Fsp3) is 0.914. The Bertz CT molecular complexity index is 930. The fourth-order valence-corrected chi connectivity index (χ4v) is 7.57. The highest BCUT2D eigenvalue weighted by Gasteiger charge is 2.47. The third-order valence-corrected chi connectivity index (χ3v) is 10.8. The maximum Gasteiger partial charge on any atom is 0.230 e. The van der Waals surface area contributed by atoms with E-state index in [-0.39, 0.29) is 27.6 Å². The normalized spacial score (nSPS) is 23.2. The molecule has 42 heavy (non-hydrogen) atoms. The molecule has 2 aliphatic heterocycles. The minimum absolute atomic E-state index is 0.0953. The number of anilines is 2. The summed E-state index contributed by atoms with van der Waals surface area (Å²) >= 11 is 0. The summed E-state index contributed by atoms with van der Waals surface area (Å²) in [4.78, 5) is 26.3. The zero-order chi connectivity index (χ0) is 31.9. The monoisotopic (exact) mass is 586 g/mol. The van der Waals surface area contributed by atoms with Crippen LogP contribution in [0, 0.1) is 0 Å². The van der Waals surface area contributed by atoms with E-state index in [0.29, 0.717) is 12.1 Å². The van der Waals surface area contributed by atoms with Crippen LogP contribution in [0.4, 0.5) is 11.9 Å². The molecule has 2 aliphatic rings. The average molecular weight is 586 g/mol. The summed E-state index contributed by atoms with van der Waals surface area (Å²) in [6, 6.07) is 0.761. The molecule has 0 bridgehead atoms. The minimum Gasteiger partial charge on any atom is -0.338 e. The quantitative estimate of drug-likeness (QED) is 0.279. The van der Waals surface area contributed by atoms with Crippen LogP contribution < -0.4 is 9.80 Å². The average Bonchev–Trinajstić information content (AvgIpc) is 2.85. The first-order valence-electron chi connectivity index (χ1n) is 16.9. The molecule has 7 heteroatoms. The molecular formula is C35H67N7. The van der Waals surface area contributed by atoms with Crippen LogP contribution in [0.5, 0.6) is 0 Å². The van der Waals surface area contributed by atoms with Gasteiger partial charge in [0, 0.05) is 52.7 Å². The van der Waals surface area contributed by atoms with E-state index in [4.69, 9.17) is 15.0 Å². The van der Waals surface area contributed by atoms with Crippen molar-refractivity contribution >= 4 is 11.9 Å². The topological polar surface area (TPSA) is 51.6 Å². The van der Waals surface area contributed by atoms with Crippen molar-refractivity contribution in [2.75, 3.05) is 37.0 Å². The Kier molecular flexibility index (Phi) is 10.4. The number of hydrogen-bond acceptors (Lipinski definition) is 7. The van der Waals surface area contributed by atoms with Crippen molar-refractivity contribution in [1.29, 1.82) is 0 Å². The molecule has 2 saturated heterocycles. The van der Waals surface area contributed by atoms with Crippen LogP contribution in [0.15, 0.2) is 0 Å². The Balaban J connectivity index is 2.17. The van der Waals surface area contributed by atoms with Crippen molar-refractivity contribution < 1.29 is 0 Å². The number of hydrogen-bond donors (Lipinski definition) is 0. The van der Waals surface area contributed by atoms with Crippen molar-refractivity contribution in [1.82, 2.24) is 24.8 Å². The van der Waals surface area contributed by atoms with Crippen LogP contribution >= 0.6 is 0 Å². The zero-order valence-corrected chi connectivity index (χ0v) is 30.4. The molecular weight excluding hydrogens is 518 g/mol. The van der Waals surface area contributed by atoms with E-state index < -0.39 is 0 Å². The third-order valence-electron chi connectivity index (χ3n) is 10.8. The number of aromatic nitrogens is 3. The number of piperidine rings is 2. The molecule has 1 aromatic heterocycles. The van der Waals surface area contributed by atoms with E-state index in [1.165, 1.54) is 0 Å². The van der Waals surface area contributed by atoms with Crippen LogP contribution in [-0.4, -0.2) is 86.2 Å². The molecule has 0 spiro atoms. The third kappa shape index (κ3) is 7.60. The molecule has 1 aromatic rings. The first kappa shape index (κ1) is 35.0. The van der Waals surface area contributed by atoms with Gasteiger partial charge < -0.3 is 9.80 Å². The first-order valence-corrected chi connectivity index (χ1v) is 16.9. The summed E-state index contributed by atoms with van der Waals surface area (Å²) in [6.45, 7) is 32.4. The molecule has 3 rings (SSSR count). The zero-order valence-electron chi connectivity index (χ0n) is 30.4. The molecule has 0 aromatic carbocycles. The Hall–Kier alpha value is -1.47. The van der Waals surface area contributed by atoms with E-state index in [1.807, 2.05) is 0 Å². The summed E-state index contributed by atoms with van der Waals surface area (Å²) in [7, 11) is 4.59. The van der Waals surface area contributed by atoms with Gasteiger partial charge in [-0.25, -0.2) is 0 Å². The van der Waals surface area contributed by atoms with Crippen molar-refractivity contribution in [3.63, 3.8) is 0 Å². The number of nitrogens with zero attached hydrogens (tertiary/aromatic N) is 7. The standard InChI is InChI=1S/C35H67N7/c1-16-18-20-41(26-22-32(6,7)39(14)33(8,9)23-26)29-36-28(31(3,4)5)37-30(38-29)42(21-19-17-2)27-24-34(10,11)40(15)35(12,13)25-27/h26-27H,16-25H2,1-15H3. The second kappa shape index (κ2) is 12.5. The van der Waals surface area contributed by atoms with E-state index in [1.54, 1.807) is 0 Å². The molecule has 0 aliphatic carbocycles. The lowest BCUT2D eigenvalue weighted by atomic mass is 9.77. The van der Waals surface area contributed by atoms with Gasteiger partial charge in [0.1, 0.15) is 5.82 Å². The smallest absolute Gasteiger partial charge is 0.230 e. The maximum absolute atomic E-state index is 5.44. The van der Waals surface area contributed by atoms with Crippen LogP contribution in [0.3, 0.4) is 0 Å². The Morgan fingerprint density at radius 1 is 0.619 bits per heavy atom. The van der Waals surface area contributed by atoms with Crippen LogP contribution in [-0.2, 0) is 5.41 Å². The van der Waals surface area contributed by atoms with E-state index in [0.717, 1.165) is 82.2 Å². The fourth-order valence-electron chi connectivity index (χ4n) is 7.57. The summed E-state index contributed by atoms with van der Waals surface area (Å²) in [5.41, 5.74) is 0.210. The molecule has 0 N–H and O–H groups in total. The summed E-state index contributed by atoms with van der Waals surface area (Å²) in [5.74, 6) is 2.67. The Labute approximate surface area is 260 Å². The van der Waals surface area contributed by atoms with Gasteiger partial charge in [-0.15, -0.1) is 0 Å². The highest BCUT2D eigenvalue weighted by molar-refractivity contribution is 5.43. The summed E-state index contributed by atoms with van der Waals surface area (Å²) in [6.07, 6.45) is 8.97. The van der Waals surface area contributed by atoms with Gasteiger partial charge in [0.25, 0.3) is 0 Å². The number of unbranched alkanes of at least 4 members (excludes halogenated alkanes) is 2. The SMILES string of the molecule is CCCCN(c1nc(N(CCCC)C2CC(C)(C)N(C)C(C)(C)C2)nc(C(C)(C)C)n1)C1CC(C)(C)N(C)C(C)(C)C1. The lowest BCUT2D eigenvalue weighted by molar-refractivity contribution is -0.0130. The minimum atomic E-state index is -0.171. The van der Waals surface area contributed by atoms with E-state index in [9.17, 15) is 0 Å². The number of likely N-dealkylation sites (tertiary alicyclic amines) is 2. The van der Waals surface area contributed by atoms with Gasteiger partial charge in [-0.05, 0) is 108 Å². The van der Waals surface area contributed by atoms with Gasteiger partial charge in [0.05, 0.1) is 0 Å². The lowest BCUT2D eigenvalue weighted by Crippen LogP contribution is -2.63. The van der Waals surface area contributed by atoms with E-state index >= 15 is 0 Å². The highest BCUT2D eigenvalue weighted by Crippen LogP contribution is 2.42. The second-order valence-electron chi connectivity index (χ2n) is 17.1. The number of rotatable bonds is 10. The van der Waals surface area contributed by atoms with Gasteiger partial charge in [0.2, 0.25) is 11.9 Å². The molecule has 0 unspecified atom stereocenters. The highest BCUT2D eigenvalue weighted by atomic mass is 15.4. The molecule has 3 heterocycles. The molecule has 0 amide bonds. The van der Waals surface area contributed by atoms with Gasteiger partial charge in [-0.1, -0.05) is 47.5 Å². The predicted molar refractivity (Wildman–Crippen MR) is 181 cm³/mol. The van der Waals surface area contributed by atoms with Gasteiger partial charge in [-0.2, -0.15) is 15.0 Å².